The van der Waals surface area contributed by atoms with Crippen molar-refractivity contribution in [3.63, 3.8) is 0 Å². The van der Waals surface area contributed by atoms with E-state index in [1.165, 1.54) is 0 Å². The maximum absolute atomic E-state index is 12.4. The zero-order valence-electron chi connectivity index (χ0n) is 19.8. The fourth-order valence-corrected chi connectivity index (χ4v) is 4.82. The first-order valence-corrected chi connectivity index (χ1v) is 12.7. The van der Waals surface area contributed by atoms with Gasteiger partial charge in [0.05, 0.1) is 15.7 Å². The summed E-state index contributed by atoms with van der Waals surface area (Å²) in [5, 5.41) is 20.7. The molecule has 0 aliphatic heterocycles. The summed E-state index contributed by atoms with van der Waals surface area (Å²) in [6, 6.07) is 20.1. The number of hydrogen-bond donors (Lipinski definition) is 2. The third kappa shape index (κ3) is 5.12. The number of pyridine rings is 1. The maximum Gasteiger partial charge on any atom is 0.167 e. The number of fused-ring (bicyclic) bond motifs is 1. The molecular weight excluding hydrogens is 446 g/mol. The van der Waals surface area contributed by atoms with Gasteiger partial charge in [0.2, 0.25) is 0 Å². The Morgan fingerprint density at radius 2 is 1.82 bits per heavy atom. The van der Waals surface area contributed by atoms with Crippen LogP contribution >= 0.6 is 0 Å². The minimum atomic E-state index is -1.49. The van der Waals surface area contributed by atoms with Gasteiger partial charge < -0.3 is 9.63 Å². The molecule has 7 heteroatoms. The zero-order chi connectivity index (χ0) is 24.3. The Labute approximate surface area is 202 Å². The van der Waals surface area contributed by atoms with Crippen LogP contribution in [0.1, 0.15) is 48.7 Å². The molecule has 0 aliphatic carbocycles. The maximum atomic E-state index is 12.4. The first kappa shape index (κ1) is 24.3. The van der Waals surface area contributed by atoms with Crippen molar-refractivity contribution in [3.05, 3.63) is 83.2 Å². The van der Waals surface area contributed by atoms with E-state index in [-0.39, 0.29) is 12.5 Å². The van der Waals surface area contributed by atoms with Crippen molar-refractivity contribution in [2.45, 2.75) is 50.7 Å². The molecule has 0 radical (unpaired) electrons. The summed E-state index contributed by atoms with van der Waals surface area (Å²) in [6.45, 7) is 5.93. The summed E-state index contributed by atoms with van der Waals surface area (Å²) in [5.74, 6) is -0.00801. The van der Waals surface area contributed by atoms with E-state index in [0.717, 1.165) is 44.7 Å². The molecule has 2 aromatic carbocycles. The van der Waals surface area contributed by atoms with E-state index >= 15 is 0 Å². The molecule has 178 valence electrons. The van der Waals surface area contributed by atoms with Crippen molar-refractivity contribution in [1.29, 1.82) is 0 Å². The third-order valence-corrected chi connectivity index (χ3v) is 7.64. The van der Waals surface area contributed by atoms with Gasteiger partial charge in [-0.05, 0) is 68.9 Å². The standard InChI is InChI=1S/C27H31N3O3S/c1-18-12-13-20(29-24(18)14-15-31)16-19(17-27(2,3)34(28)32)21-8-4-5-9-22(21)26-23-10-6-7-11-25(23)33-30-26/h4-13,19,31H,14-17,28H2,1-3H3/t19-,34?/m0/s1. The fraction of sp³-hybridized carbons (Fsp3) is 0.333. The smallest absolute Gasteiger partial charge is 0.167 e. The van der Waals surface area contributed by atoms with Gasteiger partial charge in [-0.15, -0.1) is 0 Å². The van der Waals surface area contributed by atoms with Gasteiger partial charge in [-0.2, -0.15) is 0 Å². The summed E-state index contributed by atoms with van der Waals surface area (Å²) >= 11 is 0. The van der Waals surface area contributed by atoms with Crippen molar-refractivity contribution >= 4 is 22.0 Å². The third-order valence-electron chi connectivity index (χ3n) is 6.38. The molecule has 2 heterocycles. The normalized spacial score (nSPS) is 13.8. The largest absolute Gasteiger partial charge is 0.396 e. The van der Waals surface area contributed by atoms with Gasteiger partial charge in [-0.25, -0.2) is 4.21 Å². The number of aryl methyl sites for hydroxylation is 1. The van der Waals surface area contributed by atoms with Gasteiger partial charge in [0, 0.05) is 35.4 Å². The molecule has 0 amide bonds. The number of para-hydroxylation sites is 1. The lowest BCUT2D eigenvalue weighted by Gasteiger charge is -2.29. The summed E-state index contributed by atoms with van der Waals surface area (Å²) in [6.07, 6.45) is 1.77. The van der Waals surface area contributed by atoms with Crippen molar-refractivity contribution in [3.8, 4) is 11.3 Å². The number of nitrogens with zero attached hydrogens (tertiary/aromatic N) is 2. The Balaban J connectivity index is 1.80. The van der Waals surface area contributed by atoms with E-state index in [4.69, 9.17) is 14.6 Å². The Kier molecular flexibility index (Phi) is 7.26. The van der Waals surface area contributed by atoms with Gasteiger partial charge in [0.15, 0.2) is 5.58 Å². The summed E-state index contributed by atoms with van der Waals surface area (Å²) in [4.78, 5) is 4.84. The predicted octanol–water partition coefficient (Wildman–Crippen LogP) is 4.85. The average molecular weight is 478 g/mol. The molecule has 0 aliphatic rings. The van der Waals surface area contributed by atoms with Gasteiger partial charge >= 0.3 is 0 Å². The molecule has 2 aromatic heterocycles. The van der Waals surface area contributed by atoms with Gasteiger partial charge in [0.1, 0.15) is 5.69 Å². The van der Waals surface area contributed by atoms with Gasteiger partial charge in [-0.3, -0.25) is 10.1 Å². The Bertz CT molecular complexity index is 1320. The van der Waals surface area contributed by atoms with E-state index in [9.17, 15) is 9.32 Å². The van der Waals surface area contributed by atoms with Crippen LogP contribution in [0, 0.1) is 6.92 Å². The molecule has 4 aromatic rings. The number of nitrogens with two attached hydrogens (primary N) is 1. The first-order chi connectivity index (χ1) is 16.3. The second kappa shape index (κ2) is 10.2. The highest BCUT2D eigenvalue weighted by atomic mass is 32.2. The van der Waals surface area contributed by atoms with Crippen LogP contribution < -0.4 is 5.14 Å². The molecular formula is C27H31N3O3S. The molecule has 3 N–H and O–H groups in total. The monoisotopic (exact) mass is 477 g/mol. The lowest BCUT2D eigenvalue weighted by Crippen LogP contribution is -2.34. The first-order valence-electron chi connectivity index (χ1n) is 11.5. The van der Waals surface area contributed by atoms with Crippen LogP contribution in [-0.2, 0) is 23.8 Å². The average Bonchev–Trinajstić information content (AvgIpc) is 3.25. The highest BCUT2D eigenvalue weighted by molar-refractivity contribution is 7.84. The molecule has 0 bridgehead atoms. The topological polar surface area (TPSA) is 102 Å². The highest BCUT2D eigenvalue weighted by Crippen LogP contribution is 2.39. The zero-order valence-corrected chi connectivity index (χ0v) is 20.6. The number of aromatic nitrogens is 2. The lowest BCUT2D eigenvalue weighted by molar-refractivity contribution is 0.298. The number of hydrogen-bond acceptors (Lipinski definition) is 5. The molecule has 0 saturated heterocycles. The molecule has 4 rings (SSSR count). The SMILES string of the molecule is Cc1ccc(C[C@@H](CC(C)(C)S(N)=O)c2ccccc2-c2noc3ccccc23)nc1CCO. The van der Waals surface area contributed by atoms with Crippen molar-refractivity contribution in [1.82, 2.24) is 10.1 Å². The second-order valence-corrected chi connectivity index (χ2v) is 11.0. The molecule has 1 unspecified atom stereocenters. The molecule has 34 heavy (non-hydrogen) atoms. The Hall–Kier alpha value is -2.87. The second-order valence-electron chi connectivity index (χ2n) is 9.32. The van der Waals surface area contributed by atoms with Crippen molar-refractivity contribution in [2.75, 3.05) is 6.61 Å². The summed E-state index contributed by atoms with van der Waals surface area (Å²) in [5.41, 5.74) is 6.49. The Morgan fingerprint density at radius 3 is 2.59 bits per heavy atom. The summed E-state index contributed by atoms with van der Waals surface area (Å²) < 4.78 is 17.4. The molecule has 0 spiro atoms. The molecule has 2 atom stereocenters. The van der Waals surface area contributed by atoms with Gasteiger partial charge in [-0.1, -0.05) is 47.6 Å². The lowest BCUT2D eigenvalue weighted by atomic mass is 9.82. The van der Waals surface area contributed by atoms with Gasteiger partial charge in [0.25, 0.3) is 0 Å². The summed E-state index contributed by atoms with van der Waals surface area (Å²) in [7, 11) is -1.49. The predicted molar refractivity (Wildman–Crippen MR) is 137 cm³/mol. The fourth-order valence-electron chi connectivity index (χ4n) is 4.46. The molecule has 0 saturated carbocycles. The van der Waals surface area contributed by atoms with E-state index in [1.807, 2.05) is 69.3 Å². The van der Waals surface area contributed by atoms with E-state index < -0.39 is 15.7 Å². The quantitative estimate of drug-likeness (QED) is 0.359. The van der Waals surface area contributed by atoms with Crippen molar-refractivity contribution in [2.24, 2.45) is 5.14 Å². The minimum absolute atomic E-state index is 0.00801. The van der Waals surface area contributed by atoms with E-state index in [1.54, 1.807) is 0 Å². The molecule has 6 nitrogen and oxygen atoms in total. The number of benzene rings is 2. The van der Waals surface area contributed by atoms with Crippen LogP contribution in [0.4, 0.5) is 0 Å². The van der Waals surface area contributed by atoms with Crippen LogP contribution in [0.2, 0.25) is 0 Å². The van der Waals surface area contributed by atoms with Crippen molar-refractivity contribution < 1.29 is 13.8 Å². The van der Waals surface area contributed by atoms with E-state index in [0.29, 0.717) is 19.3 Å². The van der Waals surface area contributed by atoms with Crippen LogP contribution in [0.25, 0.3) is 22.2 Å². The molecule has 0 fully saturated rings. The number of aliphatic hydroxyl groups excluding tert-OH is 1. The Morgan fingerprint density at radius 1 is 1.09 bits per heavy atom. The number of aliphatic hydroxyl groups is 1. The van der Waals surface area contributed by atoms with Crippen LogP contribution in [-0.4, -0.2) is 30.8 Å². The van der Waals surface area contributed by atoms with E-state index in [2.05, 4.69) is 17.3 Å². The number of rotatable bonds is 9. The van der Waals surface area contributed by atoms with Crippen LogP contribution in [0.5, 0.6) is 0 Å². The van der Waals surface area contributed by atoms with Crippen LogP contribution in [0.15, 0.2) is 65.2 Å². The van der Waals surface area contributed by atoms with Crippen LogP contribution in [0.3, 0.4) is 0 Å². The highest BCUT2D eigenvalue weighted by Gasteiger charge is 2.31. The minimum Gasteiger partial charge on any atom is -0.396 e.